The van der Waals surface area contributed by atoms with Crippen LogP contribution in [0.15, 0.2) is 48.5 Å². The molecule has 0 unspecified atom stereocenters. The molecule has 23 heavy (non-hydrogen) atoms. The molecule has 0 saturated carbocycles. The molecule has 2 aromatic rings. The highest BCUT2D eigenvalue weighted by Crippen LogP contribution is 2.17. The lowest BCUT2D eigenvalue weighted by Gasteiger charge is -2.09. The van der Waals surface area contributed by atoms with E-state index in [0.717, 1.165) is 5.56 Å². The highest BCUT2D eigenvalue weighted by atomic mass is 35.5. The number of rotatable bonds is 6. The molecule has 0 radical (unpaired) electrons. The zero-order chi connectivity index (χ0) is 16.7. The Labute approximate surface area is 139 Å². The van der Waals surface area contributed by atoms with E-state index in [-0.39, 0.29) is 18.4 Å². The molecule has 0 bridgehead atoms. The third-order valence-corrected chi connectivity index (χ3v) is 3.21. The fraction of sp³-hybridized carbons (Fsp3) is 0.176. The van der Waals surface area contributed by atoms with Crippen LogP contribution in [0.3, 0.4) is 0 Å². The van der Waals surface area contributed by atoms with Crippen LogP contribution in [0.5, 0.6) is 5.75 Å². The number of carbonyl (C=O) groups excluding carboxylic acids is 2. The van der Waals surface area contributed by atoms with Crippen molar-refractivity contribution in [2.45, 2.75) is 13.5 Å². The van der Waals surface area contributed by atoms with Gasteiger partial charge in [-0.15, -0.1) is 0 Å². The predicted molar refractivity (Wildman–Crippen MR) is 89.5 cm³/mol. The Hall–Kier alpha value is -2.53. The summed E-state index contributed by atoms with van der Waals surface area (Å²) in [6, 6.07) is 14.4. The monoisotopic (exact) mass is 332 g/mol. The Morgan fingerprint density at radius 2 is 1.70 bits per heavy atom. The highest BCUT2D eigenvalue weighted by molar-refractivity contribution is 6.30. The summed E-state index contributed by atoms with van der Waals surface area (Å²) in [7, 11) is 0. The van der Waals surface area contributed by atoms with Crippen molar-refractivity contribution in [1.29, 1.82) is 0 Å². The average Bonchev–Trinajstić information content (AvgIpc) is 2.54. The molecule has 0 spiro atoms. The SMILES string of the molecule is CC(=O)NCC(=O)Nc1ccc(OCc2ccc(Cl)cc2)cc1. The van der Waals surface area contributed by atoms with Crippen LogP contribution in [0, 0.1) is 0 Å². The van der Waals surface area contributed by atoms with Crippen LogP contribution in [-0.4, -0.2) is 18.4 Å². The molecule has 5 nitrogen and oxygen atoms in total. The Morgan fingerprint density at radius 3 is 2.30 bits per heavy atom. The molecule has 0 aliphatic rings. The molecular weight excluding hydrogens is 316 g/mol. The first kappa shape index (κ1) is 16.8. The van der Waals surface area contributed by atoms with Gasteiger partial charge in [-0.25, -0.2) is 0 Å². The van der Waals surface area contributed by atoms with Crippen LogP contribution in [0.1, 0.15) is 12.5 Å². The van der Waals surface area contributed by atoms with Gasteiger partial charge in [-0.2, -0.15) is 0 Å². The third-order valence-electron chi connectivity index (χ3n) is 2.95. The molecule has 2 amide bonds. The van der Waals surface area contributed by atoms with Gasteiger partial charge in [0.1, 0.15) is 12.4 Å². The zero-order valence-corrected chi connectivity index (χ0v) is 13.4. The molecule has 0 aromatic heterocycles. The van der Waals surface area contributed by atoms with Gasteiger partial charge in [-0.1, -0.05) is 23.7 Å². The standard InChI is InChI=1S/C17H17ClN2O3/c1-12(21)19-10-17(22)20-15-6-8-16(9-7-15)23-11-13-2-4-14(18)5-3-13/h2-9H,10-11H2,1H3,(H,19,21)(H,20,22). The minimum Gasteiger partial charge on any atom is -0.489 e. The predicted octanol–water partition coefficient (Wildman–Crippen LogP) is 2.99. The van der Waals surface area contributed by atoms with E-state index in [0.29, 0.717) is 23.1 Å². The quantitative estimate of drug-likeness (QED) is 0.854. The van der Waals surface area contributed by atoms with Gasteiger partial charge in [0, 0.05) is 17.6 Å². The number of ether oxygens (including phenoxy) is 1. The van der Waals surface area contributed by atoms with Crippen molar-refractivity contribution in [1.82, 2.24) is 5.32 Å². The molecule has 2 N–H and O–H groups in total. The second-order valence-corrected chi connectivity index (χ2v) is 5.33. The second kappa shape index (κ2) is 8.19. The van der Waals surface area contributed by atoms with Gasteiger partial charge in [0.25, 0.3) is 0 Å². The van der Waals surface area contributed by atoms with E-state index in [4.69, 9.17) is 16.3 Å². The number of hydrogen-bond acceptors (Lipinski definition) is 3. The number of halogens is 1. The fourth-order valence-corrected chi connectivity index (χ4v) is 1.92. The second-order valence-electron chi connectivity index (χ2n) is 4.90. The van der Waals surface area contributed by atoms with Gasteiger partial charge < -0.3 is 15.4 Å². The van der Waals surface area contributed by atoms with E-state index < -0.39 is 0 Å². The Kier molecular flexibility index (Phi) is 6.00. The minimum atomic E-state index is -0.282. The molecule has 0 aliphatic heterocycles. The maximum atomic E-state index is 11.6. The first-order valence-electron chi connectivity index (χ1n) is 7.04. The summed E-state index contributed by atoms with van der Waals surface area (Å²) < 4.78 is 5.66. The lowest BCUT2D eigenvalue weighted by molar-refractivity contribution is -0.122. The molecule has 120 valence electrons. The summed E-state index contributed by atoms with van der Waals surface area (Å²) in [6.07, 6.45) is 0. The van der Waals surface area contributed by atoms with Gasteiger partial charge in [0.05, 0.1) is 6.54 Å². The van der Waals surface area contributed by atoms with Gasteiger partial charge >= 0.3 is 0 Å². The molecule has 0 saturated heterocycles. The van der Waals surface area contributed by atoms with Crippen LogP contribution in [0.4, 0.5) is 5.69 Å². The first-order valence-corrected chi connectivity index (χ1v) is 7.42. The van der Waals surface area contributed by atoms with E-state index in [2.05, 4.69) is 10.6 Å². The number of amides is 2. The van der Waals surface area contributed by atoms with Gasteiger partial charge in [0.15, 0.2) is 0 Å². The summed E-state index contributed by atoms with van der Waals surface area (Å²) in [5.74, 6) is 0.168. The largest absolute Gasteiger partial charge is 0.489 e. The van der Waals surface area contributed by atoms with Crippen LogP contribution in [0.2, 0.25) is 5.02 Å². The molecule has 0 atom stereocenters. The van der Waals surface area contributed by atoms with Crippen molar-refractivity contribution in [3.8, 4) is 5.75 Å². The number of nitrogens with one attached hydrogen (secondary N) is 2. The normalized spacial score (nSPS) is 10.0. The van der Waals surface area contributed by atoms with Crippen LogP contribution in [0.25, 0.3) is 0 Å². The van der Waals surface area contributed by atoms with Gasteiger partial charge in [-0.05, 0) is 42.0 Å². The molecule has 0 aliphatic carbocycles. The maximum absolute atomic E-state index is 11.6. The third kappa shape index (κ3) is 6.00. The summed E-state index contributed by atoms with van der Waals surface area (Å²) in [4.78, 5) is 22.3. The van der Waals surface area contributed by atoms with Crippen molar-refractivity contribution in [3.05, 3.63) is 59.1 Å². The number of benzene rings is 2. The van der Waals surface area contributed by atoms with Crippen LogP contribution < -0.4 is 15.4 Å². The molecule has 6 heteroatoms. The topological polar surface area (TPSA) is 67.4 Å². The van der Waals surface area contributed by atoms with Gasteiger partial charge in [0.2, 0.25) is 11.8 Å². The smallest absolute Gasteiger partial charge is 0.243 e. The molecule has 0 fully saturated rings. The summed E-state index contributed by atoms with van der Waals surface area (Å²) in [6.45, 7) is 1.75. The minimum absolute atomic E-state index is 0.0514. The summed E-state index contributed by atoms with van der Waals surface area (Å²) >= 11 is 5.83. The maximum Gasteiger partial charge on any atom is 0.243 e. The van der Waals surface area contributed by atoms with E-state index in [1.807, 2.05) is 24.3 Å². The van der Waals surface area contributed by atoms with Crippen molar-refractivity contribution in [2.24, 2.45) is 0 Å². The molecule has 0 heterocycles. The van der Waals surface area contributed by atoms with Crippen molar-refractivity contribution in [3.63, 3.8) is 0 Å². The Balaban J connectivity index is 1.83. The summed E-state index contributed by atoms with van der Waals surface area (Å²) in [5, 5.41) is 5.80. The summed E-state index contributed by atoms with van der Waals surface area (Å²) in [5.41, 5.74) is 1.65. The van der Waals surface area contributed by atoms with Crippen LogP contribution in [-0.2, 0) is 16.2 Å². The van der Waals surface area contributed by atoms with E-state index >= 15 is 0 Å². The van der Waals surface area contributed by atoms with E-state index in [9.17, 15) is 9.59 Å². The zero-order valence-electron chi connectivity index (χ0n) is 12.6. The molecule has 2 rings (SSSR count). The van der Waals surface area contributed by atoms with E-state index in [1.165, 1.54) is 6.92 Å². The number of carbonyl (C=O) groups is 2. The Morgan fingerprint density at radius 1 is 1.04 bits per heavy atom. The van der Waals surface area contributed by atoms with Gasteiger partial charge in [-0.3, -0.25) is 9.59 Å². The first-order chi connectivity index (χ1) is 11.0. The molecular formula is C17H17ClN2O3. The lowest BCUT2D eigenvalue weighted by atomic mass is 10.2. The van der Waals surface area contributed by atoms with Crippen molar-refractivity contribution >= 4 is 29.1 Å². The molecule has 2 aromatic carbocycles. The van der Waals surface area contributed by atoms with E-state index in [1.54, 1.807) is 24.3 Å². The van der Waals surface area contributed by atoms with Crippen molar-refractivity contribution < 1.29 is 14.3 Å². The van der Waals surface area contributed by atoms with Crippen molar-refractivity contribution in [2.75, 3.05) is 11.9 Å². The average molecular weight is 333 g/mol. The fourth-order valence-electron chi connectivity index (χ4n) is 1.79. The van der Waals surface area contributed by atoms with Crippen LogP contribution >= 0.6 is 11.6 Å². The highest BCUT2D eigenvalue weighted by Gasteiger charge is 2.03. The Bertz CT molecular complexity index is 669. The lowest BCUT2D eigenvalue weighted by Crippen LogP contribution is -2.31. The number of anilines is 1. The number of hydrogen-bond donors (Lipinski definition) is 2.